The molecule has 3 heteroatoms. The fourth-order valence-electron chi connectivity index (χ4n) is 3.83. The monoisotopic (exact) mass is 413 g/mol. The Balaban J connectivity index is 2.02. The van der Waals surface area contributed by atoms with Crippen LogP contribution in [0.5, 0.6) is 0 Å². The molecular formula is C23H28BrNO. The molecule has 0 amide bonds. The van der Waals surface area contributed by atoms with E-state index >= 15 is 0 Å². The summed E-state index contributed by atoms with van der Waals surface area (Å²) in [6, 6.07) is 17.1. The molecule has 0 heterocycles. The van der Waals surface area contributed by atoms with Crippen molar-refractivity contribution in [1.82, 2.24) is 4.90 Å². The van der Waals surface area contributed by atoms with E-state index in [9.17, 15) is 5.11 Å². The van der Waals surface area contributed by atoms with Gasteiger partial charge in [-0.1, -0.05) is 66.2 Å². The van der Waals surface area contributed by atoms with Crippen LogP contribution in [0.4, 0.5) is 0 Å². The summed E-state index contributed by atoms with van der Waals surface area (Å²) in [4.78, 5) is 2.40. The predicted octanol–water partition coefficient (Wildman–Crippen LogP) is 6.30. The summed E-state index contributed by atoms with van der Waals surface area (Å²) in [6.45, 7) is 8.58. The van der Waals surface area contributed by atoms with Gasteiger partial charge in [-0.15, -0.1) is 0 Å². The lowest BCUT2D eigenvalue weighted by molar-refractivity contribution is 0.0577. The second-order valence-electron chi connectivity index (χ2n) is 7.11. The molecule has 3 rings (SSSR count). The Labute approximate surface area is 165 Å². The second kappa shape index (κ2) is 8.51. The van der Waals surface area contributed by atoms with Gasteiger partial charge in [0, 0.05) is 10.5 Å². The molecule has 2 nitrogen and oxygen atoms in total. The maximum absolute atomic E-state index is 11.0. The van der Waals surface area contributed by atoms with Gasteiger partial charge in [-0.25, -0.2) is 0 Å². The van der Waals surface area contributed by atoms with Crippen LogP contribution >= 0.6 is 15.9 Å². The molecule has 26 heavy (non-hydrogen) atoms. The highest BCUT2D eigenvalue weighted by Gasteiger charge is 2.22. The Morgan fingerprint density at radius 3 is 2.23 bits per heavy atom. The van der Waals surface area contributed by atoms with E-state index < -0.39 is 6.10 Å². The summed E-state index contributed by atoms with van der Waals surface area (Å²) in [6.07, 6.45) is 1.72. The third kappa shape index (κ3) is 3.80. The van der Waals surface area contributed by atoms with Crippen LogP contribution in [-0.2, 0) is 0 Å². The average Bonchev–Trinajstić information content (AvgIpc) is 2.67. The third-order valence-electron chi connectivity index (χ3n) is 5.23. The Bertz CT molecular complexity index is 886. The zero-order chi connectivity index (χ0) is 18.7. The summed E-state index contributed by atoms with van der Waals surface area (Å²) < 4.78 is 1.11. The van der Waals surface area contributed by atoms with Crippen molar-refractivity contribution in [2.45, 2.75) is 45.8 Å². The number of halogens is 1. The maximum Gasteiger partial charge on any atom is 0.0942 e. The molecule has 1 N–H and O–H groups in total. The van der Waals surface area contributed by atoms with E-state index in [2.05, 4.69) is 90.1 Å². The fourth-order valence-corrected chi connectivity index (χ4v) is 4.42. The number of hydrogen-bond acceptors (Lipinski definition) is 2. The smallest absolute Gasteiger partial charge is 0.0942 e. The van der Waals surface area contributed by atoms with Gasteiger partial charge in [-0.2, -0.15) is 0 Å². The van der Waals surface area contributed by atoms with E-state index in [1.54, 1.807) is 0 Å². The first kappa shape index (κ1) is 19.3. The molecule has 0 saturated carbocycles. The van der Waals surface area contributed by atoms with Gasteiger partial charge < -0.3 is 5.11 Å². The topological polar surface area (TPSA) is 23.5 Å². The van der Waals surface area contributed by atoms with E-state index in [1.807, 2.05) is 0 Å². The summed E-state index contributed by atoms with van der Waals surface area (Å²) in [5.41, 5.74) is 0.995. The quantitative estimate of drug-likeness (QED) is 0.459. The molecule has 2 atom stereocenters. The van der Waals surface area contributed by atoms with Crippen molar-refractivity contribution in [2.24, 2.45) is 0 Å². The van der Waals surface area contributed by atoms with Crippen LogP contribution in [0.3, 0.4) is 0 Å². The lowest BCUT2D eigenvalue weighted by atomic mass is 9.95. The lowest BCUT2D eigenvalue weighted by Crippen LogP contribution is -2.38. The molecule has 138 valence electrons. The van der Waals surface area contributed by atoms with Crippen molar-refractivity contribution in [3.8, 4) is 0 Å². The van der Waals surface area contributed by atoms with Crippen molar-refractivity contribution < 1.29 is 5.11 Å². The Kier molecular flexibility index (Phi) is 6.33. The predicted molar refractivity (Wildman–Crippen MR) is 116 cm³/mol. The normalized spacial score (nSPS) is 14.2. The van der Waals surface area contributed by atoms with Crippen LogP contribution in [0.1, 0.15) is 45.3 Å². The molecule has 0 bridgehead atoms. The molecule has 0 fully saturated rings. The molecule has 0 unspecified atom stereocenters. The van der Waals surface area contributed by atoms with Gasteiger partial charge in [0.2, 0.25) is 0 Å². The summed E-state index contributed by atoms with van der Waals surface area (Å²) in [7, 11) is 0. The van der Waals surface area contributed by atoms with Gasteiger partial charge in [-0.3, -0.25) is 4.90 Å². The molecule has 0 spiro atoms. The van der Waals surface area contributed by atoms with Gasteiger partial charge >= 0.3 is 0 Å². The zero-order valence-electron chi connectivity index (χ0n) is 15.9. The van der Waals surface area contributed by atoms with Crippen LogP contribution in [0, 0.1) is 0 Å². The van der Waals surface area contributed by atoms with Crippen LogP contribution in [-0.4, -0.2) is 29.1 Å². The van der Waals surface area contributed by atoms with E-state index in [1.165, 1.54) is 21.5 Å². The molecular weight excluding hydrogens is 386 g/mol. The molecule has 3 aromatic rings. The standard InChI is InChI=1S/C23H28BrNO/c1-4-12-25(13-5-2)16(3)23(26)18-11-10-17-15-22(24)20-9-7-6-8-19(20)21(17)14-18/h6-11,14-16,23,26H,4-5,12-13H2,1-3H3/t16-,23+/m0/s1. The highest BCUT2D eigenvalue weighted by Crippen LogP contribution is 2.34. The number of aliphatic hydroxyl groups excluding tert-OH is 1. The molecule has 0 aromatic heterocycles. The maximum atomic E-state index is 11.0. The molecule has 0 aliphatic heterocycles. The highest BCUT2D eigenvalue weighted by molar-refractivity contribution is 9.10. The number of nitrogens with zero attached hydrogens (tertiary/aromatic N) is 1. The van der Waals surface area contributed by atoms with Gasteiger partial charge in [-0.05, 0) is 72.1 Å². The Hall–Kier alpha value is -1.42. The van der Waals surface area contributed by atoms with Crippen molar-refractivity contribution in [3.05, 3.63) is 58.6 Å². The average molecular weight is 414 g/mol. The highest BCUT2D eigenvalue weighted by atomic mass is 79.9. The van der Waals surface area contributed by atoms with E-state index in [0.29, 0.717) is 0 Å². The van der Waals surface area contributed by atoms with E-state index in [-0.39, 0.29) is 6.04 Å². The van der Waals surface area contributed by atoms with Gasteiger partial charge in [0.25, 0.3) is 0 Å². The minimum absolute atomic E-state index is 0.106. The van der Waals surface area contributed by atoms with Crippen LogP contribution in [0.15, 0.2) is 53.0 Å². The molecule has 3 aromatic carbocycles. The number of benzene rings is 3. The summed E-state index contributed by atoms with van der Waals surface area (Å²) >= 11 is 3.69. The summed E-state index contributed by atoms with van der Waals surface area (Å²) in [5, 5.41) is 15.9. The zero-order valence-corrected chi connectivity index (χ0v) is 17.5. The minimum atomic E-state index is -0.486. The van der Waals surface area contributed by atoms with Gasteiger partial charge in [0.15, 0.2) is 0 Å². The Morgan fingerprint density at radius 1 is 0.923 bits per heavy atom. The fraction of sp³-hybridized carbons (Fsp3) is 0.391. The van der Waals surface area contributed by atoms with E-state index in [4.69, 9.17) is 0 Å². The van der Waals surface area contributed by atoms with Crippen molar-refractivity contribution in [2.75, 3.05) is 13.1 Å². The largest absolute Gasteiger partial charge is 0.387 e. The Morgan fingerprint density at radius 2 is 1.58 bits per heavy atom. The third-order valence-corrected chi connectivity index (χ3v) is 5.89. The van der Waals surface area contributed by atoms with E-state index in [0.717, 1.165) is 36.0 Å². The van der Waals surface area contributed by atoms with Crippen molar-refractivity contribution in [3.63, 3.8) is 0 Å². The van der Waals surface area contributed by atoms with Crippen LogP contribution < -0.4 is 0 Å². The molecule has 0 aliphatic carbocycles. The first-order valence-electron chi connectivity index (χ1n) is 9.59. The van der Waals surface area contributed by atoms with Gasteiger partial charge in [0.05, 0.1) is 6.10 Å². The number of rotatable bonds is 7. The number of fused-ring (bicyclic) bond motifs is 3. The first-order valence-corrected chi connectivity index (χ1v) is 10.4. The molecule has 0 saturated heterocycles. The van der Waals surface area contributed by atoms with Crippen LogP contribution in [0.2, 0.25) is 0 Å². The number of hydrogen-bond donors (Lipinski definition) is 1. The molecule has 0 radical (unpaired) electrons. The lowest BCUT2D eigenvalue weighted by Gasteiger charge is -2.32. The molecule has 0 aliphatic rings. The van der Waals surface area contributed by atoms with Gasteiger partial charge in [0.1, 0.15) is 0 Å². The SMILES string of the molecule is CCCN(CCC)[C@@H](C)[C@@H](O)c1ccc2cc(Br)c3ccccc3c2c1. The minimum Gasteiger partial charge on any atom is -0.387 e. The van der Waals surface area contributed by atoms with Crippen LogP contribution in [0.25, 0.3) is 21.5 Å². The second-order valence-corrected chi connectivity index (χ2v) is 7.96. The summed E-state index contributed by atoms with van der Waals surface area (Å²) in [5.74, 6) is 0. The van der Waals surface area contributed by atoms with Crippen molar-refractivity contribution in [1.29, 1.82) is 0 Å². The number of aliphatic hydroxyl groups is 1. The first-order chi connectivity index (χ1) is 12.6. The van der Waals surface area contributed by atoms with Crippen molar-refractivity contribution >= 4 is 37.5 Å².